The molecule has 0 fully saturated rings. The lowest BCUT2D eigenvalue weighted by atomic mass is 10.3. The number of alkyl halides is 3. The van der Waals surface area contributed by atoms with Crippen LogP contribution in [-0.4, -0.2) is 20.7 Å². The van der Waals surface area contributed by atoms with Gasteiger partial charge in [0.2, 0.25) is 0 Å². The zero-order valence-corrected chi connectivity index (χ0v) is 16.1. The van der Waals surface area contributed by atoms with Crippen molar-refractivity contribution in [2.75, 3.05) is 10.0 Å². The predicted molar refractivity (Wildman–Crippen MR) is 103 cm³/mol. The maximum atomic E-state index is 12.5. The number of anilines is 2. The maximum absolute atomic E-state index is 12.5. The molecule has 0 saturated heterocycles. The summed E-state index contributed by atoms with van der Waals surface area (Å²) in [6.07, 6.45) is -4.86. The third-order valence-electron chi connectivity index (χ3n) is 3.49. The highest BCUT2D eigenvalue weighted by Crippen LogP contribution is 2.28. The van der Waals surface area contributed by atoms with Crippen LogP contribution in [0.5, 0.6) is 5.75 Å². The van der Waals surface area contributed by atoms with Gasteiger partial charge in [0.1, 0.15) is 10.6 Å². The van der Waals surface area contributed by atoms with Crippen molar-refractivity contribution in [3.05, 3.63) is 70.9 Å². The number of hydrogen-bond acceptors (Lipinski definition) is 5. The molecule has 0 unspecified atom stereocenters. The molecule has 0 saturated carbocycles. The Morgan fingerprint density at radius 1 is 1.00 bits per heavy atom. The molecule has 3 rings (SSSR count). The van der Waals surface area contributed by atoms with Crippen LogP contribution in [0.25, 0.3) is 0 Å². The van der Waals surface area contributed by atoms with Crippen molar-refractivity contribution in [3.8, 4) is 5.75 Å². The highest BCUT2D eigenvalue weighted by molar-refractivity contribution is 7.92. The summed E-state index contributed by atoms with van der Waals surface area (Å²) in [4.78, 5) is 12.6. The maximum Gasteiger partial charge on any atom is 0.573 e. The number of carbonyl (C=O) groups is 1. The first-order valence-electron chi connectivity index (χ1n) is 7.96. The minimum absolute atomic E-state index is 0.0227. The van der Waals surface area contributed by atoms with E-state index in [1.807, 2.05) is 0 Å². The third-order valence-corrected chi connectivity index (χ3v) is 5.79. The van der Waals surface area contributed by atoms with Gasteiger partial charge in [-0.1, -0.05) is 24.3 Å². The second-order valence-corrected chi connectivity index (χ2v) is 8.21. The van der Waals surface area contributed by atoms with Crippen LogP contribution in [-0.2, 0) is 10.0 Å². The third kappa shape index (κ3) is 5.48. The molecule has 0 aliphatic heterocycles. The van der Waals surface area contributed by atoms with Gasteiger partial charge in [-0.3, -0.25) is 9.52 Å². The fourth-order valence-corrected chi connectivity index (χ4v) is 4.23. The Morgan fingerprint density at radius 2 is 1.72 bits per heavy atom. The topological polar surface area (TPSA) is 84.5 Å². The van der Waals surface area contributed by atoms with Crippen LogP contribution in [0, 0.1) is 0 Å². The lowest BCUT2D eigenvalue weighted by Crippen LogP contribution is -2.18. The first-order chi connectivity index (χ1) is 13.6. The molecule has 0 radical (unpaired) electrons. The van der Waals surface area contributed by atoms with Gasteiger partial charge in [0.25, 0.3) is 15.9 Å². The Balaban J connectivity index is 1.77. The molecule has 0 bridgehead atoms. The normalized spacial score (nSPS) is 11.7. The molecular formula is C18H13F3N2O4S2. The van der Waals surface area contributed by atoms with E-state index in [-0.39, 0.29) is 21.1 Å². The molecule has 0 aliphatic rings. The summed E-state index contributed by atoms with van der Waals surface area (Å²) in [6, 6.07) is 13.8. The first-order valence-corrected chi connectivity index (χ1v) is 10.3. The van der Waals surface area contributed by atoms with E-state index in [0.717, 1.165) is 23.5 Å². The van der Waals surface area contributed by atoms with Gasteiger partial charge in [-0.15, -0.1) is 24.5 Å². The molecule has 1 amide bonds. The molecule has 0 atom stereocenters. The SMILES string of the molecule is O=C(Nc1cccc(OC(F)(F)F)c1)c1sccc1NS(=O)(=O)c1ccccc1. The number of hydrogen-bond donors (Lipinski definition) is 2. The second kappa shape index (κ2) is 8.13. The van der Waals surface area contributed by atoms with E-state index >= 15 is 0 Å². The Morgan fingerprint density at radius 3 is 2.41 bits per heavy atom. The van der Waals surface area contributed by atoms with Crippen molar-refractivity contribution in [2.45, 2.75) is 11.3 Å². The van der Waals surface area contributed by atoms with E-state index in [1.165, 1.54) is 35.7 Å². The van der Waals surface area contributed by atoms with Crippen molar-refractivity contribution < 1.29 is 31.1 Å². The smallest absolute Gasteiger partial charge is 0.406 e. The van der Waals surface area contributed by atoms with Crippen molar-refractivity contribution in [1.82, 2.24) is 0 Å². The highest BCUT2D eigenvalue weighted by atomic mass is 32.2. The van der Waals surface area contributed by atoms with E-state index in [1.54, 1.807) is 18.2 Å². The number of carbonyl (C=O) groups excluding carboxylic acids is 1. The van der Waals surface area contributed by atoms with Crippen molar-refractivity contribution in [2.24, 2.45) is 0 Å². The van der Waals surface area contributed by atoms with Crippen LogP contribution in [0.4, 0.5) is 24.5 Å². The summed E-state index contributed by atoms with van der Waals surface area (Å²) in [5.74, 6) is -1.18. The molecule has 0 aliphatic carbocycles. The number of nitrogens with one attached hydrogen (secondary N) is 2. The van der Waals surface area contributed by atoms with E-state index in [9.17, 15) is 26.4 Å². The largest absolute Gasteiger partial charge is 0.573 e. The summed E-state index contributed by atoms with van der Waals surface area (Å²) in [5.41, 5.74) is 0.112. The van der Waals surface area contributed by atoms with Gasteiger partial charge in [0, 0.05) is 11.8 Å². The van der Waals surface area contributed by atoms with Crippen molar-refractivity contribution >= 4 is 38.6 Å². The van der Waals surface area contributed by atoms with Gasteiger partial charge < -0.3 is 10.1 Å². The van der Waals surface area contributed by atoms with Gasteiger partial charge in [-0.25, -0.2) is 8.42 Å². The Labute approximate surface area is 168 Å². The van der Waals surface area contributed by atoms with Gasteiger partial charge in [0.05, 0.1) is 10.6 Å². The van der Waals surface area contributed by atoms with Gasteiger partial charge >= 0.3 is 6.36 Å². The number of halogens is 3. The Bertz CT molecular complexity index is 1110. The molecule has 1 aromatic heterocycles. The van der Waals surface area contributed by atoms with Crippen LogP contribution in [0.15, 0.2) is 70.9 Å². The van der Waals surface area contributed by atoms with Crippen molar-refractivity contribution in [3.63, 3.8) is 0 Å². The van der Waals surface area contributed by atoms with E-state index in [2.05, 4.69) is 14.8 Å². The minimum atomic E-state index is -4.86. The van der Waals surface area contributed by atoms with Gasteiger partial charge in [-0.2, -0.15) is 0 Å². The lowest BCUT2D eigenvalue weighted by Gasteiger charge is -2.11. The highest BCUT2D eigenvalue weighted by Gasteiger charge is 2.31. The zero-order chi connectivity index (χ0) is 21.1. The predicted octanol–water partition coefficient (Wildman–Crippen LogP) is 4.70. The zero-order valence-electron chi connectivity index (χ0n) is 14.4. The first kappa shape index (κ1) is 20.7. The van der Waals surface area contributed by atoms with E-state index in [4.69, 9.17) is 0 Å². The number of ether oxygens (including phenoxy) is 1. The number of amides is 1. The lowest BCUT2D eigenvalue weighted by molar-refractivity contribution is -0.274. The van der Waals surface area contributed by atoms with Gasteiger partial charge in [-0.05, 0) is 35.7 Å². The molecular weight excluding hydrogens is 429 g/mol. The Hall–Kier alpha value is -3.05. The summed E-state index contributed by atoms with van der Waals surface area (Å²) < 4.78 is 68.1. The summed E-state index contributed by atoms with van der Waals surface area (Å²) in [5, 5.41) is 3.94. The molecule has 2 aromatic carbocycles. The van der Waals surface area contributed by atoms with Crippen LogP contribution in [0.1, 0.15) is 9.67 Å². The molecule has 2 N–H and O–H groups in total. The average Bonchev–Trinajstić information content (AvgIpc) is 3.09. The number of rotatable bonds is 6. The fraction of sp³-hybridized carbons (Fsp3) is 0.0556. The second-order valence-electron chi connectivity index (χ2n) is 5.61. The quantitative estimate of drug-likeness (QED) is 0.580. The van der Waals surface area contributed by atoms with Crippen LogP contribution in [0.2, 0.25) is 0 Å². The molecule has 11 heteroatoms. The van der Waals surface area contributed by atoms with E-state index in [0.29, 0.717) is 0 Å². The van der Waals surface area contributed by atoms with Crippen LogP contribution >= 0.6 is 11.3 Å². The molecule has 3 aromatic rings. The molecule has 1 heterocycles. The van der Waals surface area contributed by atoms with Crippen LogP contribution < -0.4 is 14.8 Å². The number of sulfonamides is 1. The summed E-state index contributed by atoms with van der Waals surface area (Å²) in [6.45, 7) is 0. The monoisotopic (exact) mass is 442 g/mol. The molecule has 152 valence electrons. The molecule has 29 heavy (non-hydrogen) atoms. The van der Waals surface area contributed by atoms with Crippen molar-refractivity contribution in [1.29, 1.82) is 0 Å². The minimum Gasteiger partial charge on any atom is -0.406 e. The van der Waals surface area contributed by atoms with E-state index < -0.39 is 28.0 Å². The summed E-state index contributed by atoms with van der Waals surface area (Å²) >= 11 is 0.977. The van der Waals surface area contributed by atoms with Crippen LogP contribution in [0.3, 0.4) is 0 Å². The molecule has 0 spiro atoms. The van der Waals surface area contributed by atoms with Gasteiger partial charge in [0.15, 0.2) is 0 Å². The number of thiophene rings is 1. The summed E-state index contributed by atoms with van der Waals surface area (Å²) in [7, 11) is -3.91. The standard InChI is InChI=1S/C18H13F3N2O4S2/c19-18(20,21)27-13-6-4-5-12(11-13)22-17(24)16-15(9-10-28-16)23-29(25,26)14-7-2-1-3-8-14/h1-11,23H,(H,22,24). The Kier molecular flexibility index (Phi) is 5.80. The number of benzene rings is 2. The fourth-order valence-electron chi connectivity index (χ4n) is 2.33. The average molecular weight is 442 g/mol. The molecule has 6 nitrogen and oxygen atoms in total.